The van der Waals surface area contributed by atoms with Gasteiger partial charge in [0.05, 0.1) is 16.7 Å². The van der Waals surface area contributed by atoms with Crippen LogP contribution in [0.15, 0.2) is 47.3 Å². The lowest BCUT2D eigenvalue weighted by molar-refractivity contribution is -0.114. The molecule has 5 nitrogen and oxygen atoms in total. The molecule has 0 aliphatic rings. The zero-order valence-corrected chi connectivity index (χ0v) is 12.3. The van der Waals surface area contributed by atoms with Crippen LogP contribution in [-0.4, -0.2) is 15.9 Å². The molecule has 0 radical (unpaired) electrons. The summed E-state index contributed by atoms with van der Waals surface area (Å²) < 4.78 is 0. The van der Waals surface area contributed by atoms with Crippen LogP contribution in [0.1, 0.15) is 12.5 Å². The van der Waals surface area contributed by atoms with Gasteiger partial charge < -0.3 is 10.3 Å². The van der Waals surface area contributed by atoms with Gasteiger partial charge in [0.15, 0.2) is 0 Å². The van der Waals surface area contributed by atoms with Crippen LogP contribution in [-0.2, 0) is 4.79 Å². The zero-order valence-electron chi connectivity index (χ0n) is 12.3. The summed E-state index contributed by atoms with van der Waals surface area (Å²) in [6, 6.07) is 12.8. The lowest BCUT2D eigenvalue weighted by Crippen LogP contribution is -2.14. The minimum Gasteiger partial charge on any atom is -0.325 e. The topological polar surface area (TPSA) is 74.8 Å². The summed E-state index contributed by atoms with van der Waals surface area (Å²) in [5, 5.41) is 2.78. The number of rotatable bonds is 2. The van der Waals surface area contributed by atoms with Gasteiger partial charge in [0.2, 0.25) is 5.91 Å². The first kappa shape index (κ1) is 14.0. The molecule has 0 unspecified atom stereocenters. The number of nitrogens with zero attached hydrogens (tertiary/aromatic N) is 1. The van der Waals surface area contributed by atoms with E-state index in [4.69, 9.17) is 0 Å². The molecule has 0 saturated heterocycles. The van der Waals surface area contributed by atoms with E-state index in [1.807, 2.05) is 37.3 Å². The zero-order chi connectivity index (χ0) is 15.7. The van der Waals surface area contributed by atoms with Crippen LogP contribution in [0.4, 0.5) is 5.69 Å². The maximum Gasteiger partial charge on any atom is 0.275 e. The van der Waals surface area contributed by atoms with Crippen molar-refractivity contribution in [3.05, 3.63) is 58.4 Å². The monoisotopic (exact) mass is 293 g/mol. The normalized spacial score (nSPS) is 10.6. The summed E-state index contributed by atoms with van der Waals surface area (Å²) in [5.74, 6) is -0.187. The standard InChI is InChI=1S/C17H15N3O2/c1-10-6-5-7-12(15(10)18-11(2)21)16-17(22)20-14-9-4-3-8-13(14)19-16/h3-9H,1-2H3,(H,18,21)(H,20,22). The Kier molecular flexibility index (Phi) is 3.47. The Hall–Kier alpha value is -2.95. The number of amides is 1. The number of carbonyl (C=O) groups is 1. The Morgan fingerprint density at radius 1 is 1.14 bits per heavy atom. The van der Waals surface area contributed by atoms with E-state index in [0.717, 1.165) is 5.56 Å². The molecule has 2 aromatic carbocycles. The average Bonchev–Trinajstić information content (AvgIpc) is 2.48. The van der Waals surface area contributed by atoms with Crippen molar-refractivity contribution in [2.24, 2.45) is 0 Å². The third kappa shape index (κ3) is 2.48. The lowest BCUT2D eigenvalue weighted by atomic mass is 10.0. The first-order chi connectivity index (χ1) is 10.6. The van der Waals surface area contributed by atoms with E-state index in [-0.39, 0.29) is 11.5 Å². The molecule has 22 heavy (non-hydrogen) atoms. The second-order valence-corrected chi connectivity index (χ2v) is 5.11. The fraction of sp³-hybridized carbons (Fsp3) is 0.118. The highest BCUT2D eigenvalue weighted by molar-refractivity contribution is 5.95. The molecule has 0 fully saturated rings. The number of para-hydroxylation sites is 3. The fourth-order valence-corrected chi connectivity index (χ4v) is 2.42. The van der Waals surface area contributed by atoms with Crippen LogP contribution < -0.4 is 10.9 Å². The molecular formula is C17H15N3O2. The number of aromatic amines is 1. The molecule has 0 bridgehead atoms. The van der Waals surface area contributed by atoms with Gasteiger partial charge in [-0.1, -0.05) is 30.3 Å². The maximum atomic E-state index is 12.4. The van der Waals surface area contributed by atoms with Crippen LogP contribution in [0.3, 0.4) is 0 Å². The molecule has 5 heteroatoms. The van der Waals surface area contributed by atoms with Crippen LogP contribution in [0.5, 0.6) is 0 Å². The van der Waals surface area contributed by atoms with Crippen LogP contribution in [0.25, 0.3) is 22.3 Å². The van der Waals surface area contributed by atoms with Gasteiger partial charge in [0.25, 0.3) is 5.56 Å². The van der Waals surface area contributed by atoms with E-state index in [1.165, 1.54) is 6.92 Å². The van der Waals surface area contributed by atoms with Gasteiger partial charge >= 0.3 is 0 Å². The Labute approximate surface area is 127 Å². The third-order valence-electron chi connectivity index (χ3n) is 3.43. The first-order valence-corrected chi connectivity index (χ1v) is 6.93. The molecular weight excluding hydrogens is 278 g/mol. The summed E-state index contributed by atoms with van der Waals surface area (Å²) in [6.45, 7) is 3.32. The number of anilines is 1. The van der Waals surface area contributed by atoms with E-state index in [0.29, 0.717) is 28.0 Å². The van der Waals surface area contributed by atoms with E-state index in [9.17, 15) is 9.59 Å². The summed E-state index contributed by atoms with van der Waals surface area (Å²) >= 11 is 0. The fourth-order valence-electron chi connectivity index (χ4n) is 2.42. The Morgan fingerprint density at radius 2 is 1.91 bits per heavy atom. The predicted molar refractivity (Wildman–Crippen MR) is 86.8 cm³/mol. The van der Waals surface area contributed by atoms with Gasteiger partial charge in [-0.2, -0.15) is 0 Å². The van der Waals surface area contributed by atoms with E-state index in [1.54, 1.807) is 12.1 Å². The van der Waals surface area contributed by atoms with Crippen molar-refractivity contribution in [3.63, 3.8) is 0 Å². The molecule has 0 saturated carbocycles. The summed E-state index contributed by atoms with van der Waals surface area (Å²) in [7, 11) is 0. The van der Waals surface area contributed by atoms with Crippen molar-refractivity contribution in [3.8, 4) is 11.3 Å². The molecule has 3 rings (SSSR count). The molecule has 110 valence electrons. The number of carbonyl (C=O) groups excluding carboxylic acids is 1. The third-order valence-corrected chi connectivity index (χ3v) is 3.43. The highest BCUT2D eigenvalue weighted by Crippen LogP contribution is 2.28. The van der Waals surface area contributed by atoms with Crippen molar-refractivity contribution in [1.82, 2.24) is 9.97 Å². The smallest absolute Gasteiger partial charge is 0.275 e. The molecule has 1 heterocycles. The second kappa shape index (κ2) is 5.44. The van der Waals surface area contributed by atoms with Crippen molar-refractivity contribution in [1.29, 1.82) is 0 Å². The molecule has 0 spiro atoms. The highest BCUT2D eigenvalue weighted by Gasteiger charge is 2.14. The number of hydrogen-bond acceptors (Lipinski definition) is 3. The number of benzene rings is 2. The van der Waals surface area contributed by atoms with Crippen molar-refractivity contribution < 1.29 is 4.79 Å². The highest BCUT2D eigenvalue weighted by atomic mass is 16.1. The van der Waals surface area contributed by atoms with Gasteiger partial charge in [-0.15, -0.1) is 0 Å². The van der Waals surface area contributed by atoms with Gasteiger partial charge in [-0.25, -0.2) is 4.98 Å². The van der Waals surface area contributed by atoms with Crippen LogP contribution in [0, 0.1) is 6.92 Å². The lowest BCUT2D eigenvalue weighted by Gasteiger charge is -2.12. The Bertz CT molecular complexity index is 929. The molecule has 1 aromatic heterocycles. The summed E-state index contributed by atoms with van der Waals surface area (Å²) in [5.41, 5.74) is 3.51. The summed E-state index contributed by atoms with van der Waals surface area (Å²) in [4.78, 5) is 31.1. The first-order valence-electron chi connectivity index (χ1n) is 6.93. The predicted octanol–water partition coefficient (Wildman–Crippen LogP) is 2.86. The second-order valence-electron chi connectivity index (χ2n) is 5.11. The van der Waals surface area contributed by atoms with Gasteiger partial charge in [0.1, 0.15) is 5.69 Å². The maximum absolute atomic E-state index is 12.4. The number of aryl methyl sites for hydroxylation is 1. The van der Waals surface area contributed by atoms with Crippen molar-refractivity contribution in [2.45, 2.75) is 13.8 Å². The van der Waals surface area contributed by atoms with E-state index >= 15 is 0 Å². The van der Waals surface area contributed by atoms with Crippen molar-refractivity contribution in [2.75, 3.05) is 5.32 Å². The van der Waals surface area contributed by atoms with Crippen molar-refractivity contribution >= 4 is 22.6 Å². The number of aromatic nitrogens is 2. The van der Waals surface area contributed by atoms with Gasteiger partial charge in [-0.3, -0.25) is 9.59 Å². The number of H-pyrrole nitrogens is 1. The minimum absolute atomic E-state index is 0.187. The van der Waals surface area contributed by atoms with Crippen LogP contribution in [0.2, 0.25) is 0 Å². The molecule has 3 aromatic rings. The van der Waals surface area contributed by atoms with Gasteiger partial charge in [0, 0.05) is 12.5 Å². The Balaban J connectivity index is 2.27. The molecule has 2 N–H and O–H groups in total. The quantitative estimate of drug-likeness (QED) is 0.763. The average molecular weight is 293 g/mol. The summed E-state index contributed by atoms with van der Waals surface area (Å²) in [6.07, 6.45) is 0. The minimum atomic E-state index is -0.282. The van der Waals surface area contributed by atoms with E-state index in [2.05, 4.69) is 15.3 Å². The number of hydrogen-bond donors (Lipinski definition) is 2. The number of nitrogens with one attached hydrogen (secondary N) is 2. The number of fused-ring (bicyclic) bond motifs is 1. The molecule has 0 aliphatic heterocycles. The molecule has 0 atom stereocenters. The van der Waals surface area contributed by atoms with E-state index < -0.39 is 0 Å². The Morgan fingerprint density at radius 3 is 2.68 bits per heavy atom. The largest absolute Gasteiger partial charge is 0.325 e. The SMILES string of the molecule is CC(=O)Nc1c(C)cccc1-c1nc2ccccc2[nH]c1=O. The van der Waals surface area contributed by atoms with Gasteiger partial charge in [-0.05, 0) is 24.6 Å². The molecule has 0 aliphatic carbocycles. The molecule has 1 amide bonds. The van der Waals surface area contributed by atoms with Crippen LogP contribution >= 0.6 is 0 Å².